The van der Waals surface area contributed by atoms with Crippen LogP contribution in [0, 0.1) is 5.92 Å². The molecule has 0 bridgehead atoms. The number of halogens is 4. The molecule has 1 fully saturated rings. The van der Waals surface area contributed by atoms with Gasteiger partial charge in [0.1, 0.15) is 0 Å². The molecule has 1 atom stereocenters. The zero-order valence-corrected chi connectivity index (χ0v) is 13.0. The fraction of sp³-hybridized carbons (Fsp3) is 0.500. The van der Waals surface area contributed by atoms with Gasteiger partial charge in [0.2, 0.25) is 5.60 Å². The number of anilines is 1. The summed E-state index contributed by atoms with van der Waals surface area (Å²) in [5, 5.41) is 5.69. The number of fused-ring (bicyclic) bond motifs is 1. The number of ether oxygens (including phenoxy) is 1. The molecule has 0 aromatic heterocycles. The van der Waals surface area contributed by atoms with Gasteiger partial charge in [-0.1, -0.05) is 11.6 Å². The van der Waals surface area contributed by atoms with Crippen molar-refractivity contribution < 1.29 is 17.9 Å². The molecule has 2 aliphatic rings. The number of nitrogens with one attached hydrogen (secondary N) is 2. The standard InChI is InChI=1S/C14H14ClF3N2OS/c15-9-3-4-11-10(5-9)13(14(16,17)18,7-19-12(22)20-11)21-6-8-1-2-8/h3-5,8H,1-2,6-7H2,(H2,19,20,22). The quantitative estimate of drug-likeness (QED) is 0.812. The van der Waals surface area contributed by atoms with Crippen LogP contribution in [0.15, 0.2) is 18.2 Å². The van der Waals surface area contributed by atoms with Crippen LogP contribution in [0.1, 0.15) is 18.4 Å². The Morgan fingerprint density at radius 3 is 2.73 bits per heavy atom. The van der Waals surface area contributed by atoms with E-state index in [9.17, 15) is 13.2 Å². The van der Waals surface area contributed by atoms with Gasteiger partial charge in [-0.2, -0.15) is 13.2 Å². The molecule has 120 valence electrons. The lowest BCUT2D eigenvalue weighted by molar-refractivity contribution is -0.282. The maximum atomic E-state index is 13.9. The van der Waals surface area contributed by atoms with Gasteiger partial charge in [-0.25, -0.2) is 0 Å². The molecule has 1 heterocycles. The third-order valence-corrected chi connectivity index (χ3v) is 4.36. The summed E-state index contributed by atoms with van der Waals surface area (Å²) >= 11 is 10.9. The Morgan fingerprint density at radius 1 is 1.36 bits per heavy atom. The molecular weight excluding hydrogens is 337 g/mol. The van der Waals surface area contributed by atoms with Crippen LogP contribution in [0.2, 0.25) is 5.02 Å². The Hall–Kier alpha value is -1.05. The lowest BCUT2D eigenvalue weighted by Crippen LogP contribution is -2.52. The molecule has 3 rings (SSSR count). The summed E-state index contributed by atoms with van der Waals surface area (Å²) in [5.74, 6) is 0.199. The van der Waals surface area contributed by atoms with Gasteiger partial charge in [-0.15, -0.1) is 0 Å². The lowest BCUT2D eigenvalue weighted by Gasteiger charge is -2.35. The zero-order chi connectivity index (χ0) is 16.0. The monoisotopic (exact) mass is 350 g/mol. The Bertz CT molecular complexity index is 606. The summed E-state index contributed by atoms with van der Waals surface area (Å²) in [7, 11) is 0. The van der Waals surface area contributed by atoms with Crippen LogP contribution in [0.25, 0.3) is 0 Å². The first-order valence-electron chi connectivity index (χ1n) is 6.87. The van der Waals surface area contributed by atoms with Gasteiger partial charge in [-0.3, -0.25) is 0 Å². The third kappa shape index (κ3) is 2.89. The molecule has 1 aliphatic carbocycles. The maximum Gasteiger partial charge on any atom is 0.423 e. The molecule has 0 amide bonds. The molecule has 1 aromatic carbocycles. The zero-order valence-electron chi connectivity index (χ0n) is 11.5. The minimum Gasteiger partial charge on any atom is -0.359 e. The summed E-state index contributed by atoms with van der Waals surface area (Å²) < 4.78 is 47.1. The highest BCUT2D eigenvalue weighted by Gasteiger charge is 2.59. The molecule has 1 unspecified atom stereocenters. The second kappa shape index (κ2) is 5.54. The Labute approximate surface area is 136 Å². The molecule has 1 aliphatic heterocycles. The number of alkyl halides is 3. The van der Waals surface area contributed by atoms with Crippen LogP contribution in [0.4, 0.5) is 18.9 Å². The minimum absolute atomic E-state index is 0.0412. The predicted molar refractivity (Wildman–Crippen MR) is 82.1 cm³/mol. The maximum absolute atomic E-state index is 13.9. The smallest absolute Gasteiger partial charge is 0.359 e. The van der Waals surface area contributed by atoms with E-state index >= 15 is 0 Å². The molecule has 2 N–H and O–H groups in total. The van der Waals surface area contributed by atoms with E-state index in [-0.39, 0.29) is 33.9 Å². The Morgan fingerprint density at radius 2 is 2.09 bits per heavy atom. The van der Waals surface area contributed by atoms with Gasteiger partial charge in [0.25, 0.3) is 0 Å². The van der Waals surface area contributed by atoms with Crippen LogP contribution in [-0.4, -0.2) is 24.4 Å². The van der Waals surface area contributed by atoms with Gasteiger partial charge in [0.05, 0.1) is 13.2 Å². The van der Waals surface area contributed by atoms with Crippen molar-refractivity contribution >= 4 is 34.6 Å². The first-order chi connectivity index (χ1) is 10.3. The van der Waals surface area contributed by atoms with Crippen molar-refractivity contribution in [2.75, 3.05) is 18.5 Å². The van der Waals surface area contributed by atoms with Gasteiger partial charge in [0.15, 0.2) is 5.11 Å². The lowest BCUT2D eigenvalue weighted by atomic mass is 9.91. The van der Waals surface area contributed by atoms with Crippen molar-refractivity contribution in [3.8, 4) is 0 Å². The van der Waals surface area contributed by atoms with E-state index in [1.807, 2.05) is 0 Å². The second-order valence-corrected chi connectivity index (χ2v) is 6.42. The molecule has 1 aromatic rings. The van der Waals surface area contributed by atoms with Crippen LogP contribution in [0.3, 0.4) is 0 Å². The summed E-state index contributed by atoms with van der Waals surface area (Å²) in [6, 6.07) is 4.29. The van der Waals surface area contributed by atoms with Crippen molar-refractivity contribution in [1.82, 2.24) is 5.32 Å². The first kappa shape index (κ1) is 15.8. The van der Waals surface area contributed by atoms with Gasteiger partial charge in [-0.05, 0) is 49.2 Å². The Kier molecular flexibility index (Phi) is 3.99. The van der Waals surface area contributed by atoms with E-state index in [0.717, 1.165) is 12.8 Å². The number of thiocarbonyl (C=S) groups is 1. The summed E-state index contributed by atoms with van der Waals surface area (Å²) in [6.45, 7) is -0.414. The molecule has 1 saturated carbocycles. The second-order valence-electron chi connectivity index (χ2n) is 5.58. The topological polar surface area (TPSA) is 33.3 Å². The molecule has 8 heteroatoms. The Balaban J connectivity index is 2.10. The highest BCUT2D eigenvalue weighted by atomic mass is 35.5. The molecule has 0 radical (unpaired) electrons. The molecular formula is C14H14ClF3N2OS. The van der Waals surface area contributed by atoms with Crippen molar-refractivity contribution in [3.63, 3.8) is 0 Å². The van der Waals surface area contributed by atoms with E-state index in [4.69, 9.17) is 28.6 Å². The minimum atomic E-state index is -4.60. The van der Waals surface area contributed by atoms with Gasteiger partial charge < -0.3 is 15.4 Å². The van der Waals surface area contributed by atoms with E-state index in [2.05, 4.69) is 10.6 Å². The summed E-state index contributed by atoms with van der Waals surface area (Å²) in [4.78, 5) is 0. The van der Waals surface area contributed by atoms with E-state index in [1.54, 1.807) is 0 Å². The fourth-order valence-electron chi connectivity index (χ4n) is 2.43. The van der Waals surface area contributed by atoms with E-state index in [0.29, 0.717) is 0 Å². The normalized spacial score (nSPS) is 25.0. The highest BCUT2D eigenvalue weighted by Crippen LogP contribution is 2.47. The van der Waals surface area contributed by atoms with Gasteiger partial charge in [0, 0.05) is 16.3 Å². The van der Waals surface area contributed by atoms with E-state index in [1.165, 1.54) is 18.2 Å². The van der Waals surface area contributed by atoms with Gasteiger partial charge >= 0.3 is 6.18 Å². The number of benzene rings is 1. The van der Waals surface area contributed by atoms with Crippen molar-refractivity contribution in [2.24, 2.45) is 5.92 Å². The summed E-state index contributed by atoms with van der Waals surface area (Å²) in [5.41, 5.74) is -2.25. The van der Waals surface area contributed by atoms with Crippen molar-refractivity contribution in [2.45, 2.75) is 24.6 Å². The fourth-order valence-corrected chi connectivity index (χ4v) is 2.79. The third-order valence-electron chi connectivity index (χ3n) is 3.88. The number of hydrogen-bond donors (Lipinski definition) is 2. The van der Waals surface area contributed by atoms with Crippen LogP contribution in [-0.2, 0) is 10.3 Å². The van der Waals surface area contributed by atoms with E-state index < -0.39 is 18.3 Å². The largest absolute Gasteiger partial charge is 0.423 e. The molecule has 0 saturated heterocycles. The van der Waals surface area contributed by atoms with Crippen LogP contribution < -0.4 is 10.6 Å². The SMILES string of the molecule is FC(F)(F)C1(OCC2CC2)CNC(=S)Nc2ccc(Cl)cc21. The van der Waals surface area contributed by atoms with Crippen molar-refractivity contribution in [3.05, 3.63) is 28.8 Å². The summed E-state index contributed by atoms with van der Waals surface area (Å²) in [6.07, 6.45) is -2.79. The predicted octanol–water partition coefficient (Wildman–Crippen LogP) is 3.82. The van der Waals surface area contributed by atoms with Crippen LogP contribution in [0.5, 0.6) is 0 Å². The highest BCUT2D eigenvalue weighted by molar-refractivity contribution is 7.80. The van der Waals surface area contributed by atoms with Crippen LogP contribution >= 0.6 is 23.8 Å². The molecule has 0 spiro atoms. The number of rotatable bonds is 3. The average Bonchev–Trinajstić information content (AvgIpc) is 3.24. The first-order valence-corrected chi connectivity index (χ1v) is 7.66. The van der Waals surface area contributed by atoms with Crippen molar-refractivity contribution in [1.29, 1.82) is 0 Å². The molecule has 3 nitrogen and oxygen atoms in total. The average molecular weight is 351 g/mol. The molecule has 22 heavy (non-hydrogen) atoms. The number of hydrogen-bond acceptors (Lipinski definition) is 2.